The van der Waals surface area contributed by atoms with Crippen molar-refractivity contribution < 1.29 is 8.42 Å². The number of rotatable bonds is 3. The Bertz CT molecular complexity index is 778. The maximum absolute atomic E-state index is 12.2. The lowest BCUT2D eigenvalue weighted by Gasteiger charge is -2.10. The van der Waals surface area contributed by atoms with Crippen molar-refractivity contribution in [3.63, 3.8) is 0 Å². The molecule has 0 saturated heterocycles. The summed E-state index contributed by atoms with van der Waals surface area (Å²) in [7, 11) is -3.72. The van der Waals surface area contributed by atoms with Gasteiger partial charge >= 0.3 is 0 Å². The molecule has 2 rings (SSSR count). The van der Waals surface area contributed by atoms with Crippen LogP contribution in [0.5, 0.6) is 0 Å². The first-order valence-corrected chi connectivity index (χ1v) is 7.57. The van der Waals surface area contributed by atoms with E-state index in [2.05, 4.69) is 4.72 Å². The van der Waals surface area contributed by atoms with E-state index in [4.69, 9.17) is 16.9 Å². The Labute approximate surface area is 122 Å². The average Bonchev–Trinajstić information content (AvgIpc) is 2.43. The van der Waals surface area contributed by atoms with Crippen LogP contribution in [0.3, 0.4) is 0 Å². The molecule has 2 aromatic carbocycles. The lowest BCUT2D eigenvalue weighted by molar-refractivity contribution is 0.601. The van der Waals surface area contributed by atoms with Crippen molar-refractivity contribution in [1.82, 2.24) is 0 Å². The summed E-state index contributed by atoms with van der Waals surface area (Å²) in [5.41, 5.74) is 1.63. The minimum absolute atomic E-state index is 0.0778. The van der Waals surface area contributed by atoms with Crippen LogP contribution in [0.1, 0.15) is 11.1 Å². The second kappa shape index (κ2) is 5.53. The summed E-state index contributed by atoms with van der Waals surface area (Å²) in [6.45, 7) is 1.84. The van der Waals surface area contributed by atoms with Crippen molar-refractivity contribution >= 4 is 27.3 Å². The zero-order chi connectivity index (χ0) is 14.8. The number of aryl methyl sites for hydroxylation is 1. The highest BCUT2D eigenvalue weighted by molar-refractivity contribution is 7.92. The Hall–Kier alpha value is -2.03. The van der Waals surface area contributed by atoms with Crippen LogP contribution in [-0.2, 0) is 10.0 Å². The molecular weight excluding hydrogens is 296 g/mol. The monoisotopic (exact) mass is 306 g/mol. The molecule has 0 aliphatic carbocycles. The third-order valence-electron chi connectivity index (χ3n) is 2.66. The van der Waals surface area contributed by atoms with Gasteiger partial charge in [-0.15, -0.1) is 0 Å². The van der Waals surface area contributed by atoms with E-state index in [0.29, 0.717) is 16.3 Å². The van der Waals surface area contributed by atoms with Gasteiger partial charge in [0.25, 0.3) is 10.0 Å². The maximum Gasteiger partial charge on any atom is 0.261 e. The van der Waals surface area contributed by atoms with Gasteiger partial charge in [0.05, 0.1) is 27.2 Å². The van der Waals surface area contributed by atoms with Crippen molar-refractivity contribution in [3.8, 4) is 6.07 Å². The molecule has 0 aliphatic heterocycles. The highest BCUT2D eigenvalue weighted by atomic mass is 35.5. The lowest BCUT2D eigenvalue weighted by atomic mass is 10.2. The number of nitrogens with one attached hydrogen (secondary N) is 1. The molecular formula is C14H11ClN2O2S. The summed E-state index contributed by atoms with van der Waals surface area (Å²) >= 11 is 5.97. The standard InChI is InChI=1S/C14H11ClN2O2S/c1-10-2-7-13(15)14(8-10)17-20(18,19)12-5-3-11(9-16)4-6-12/h2-8,17H,1H3. The molecule has 0 fully saturated rings. The largest absolute Gasteiger partial charge is 0.278 e. The quantitative estimate of drug-likeness (QED) is 0.945. The van der Waals surface area contributed by atoms with Crippen molar-refractivity contribution in [2.24, 2.45) is 0 Å². The van der Waals surface area contributed by atoms with E-state index in [0.717, 1.165) is 5.56 Å². The first-order valence-electron chi connectivity index (χ1n) is 5.71. The Morgan fingerprint density at radius 3 is 2.40 bits per heavy atom. The molecule has 0 unspecified atom stereocenters. The van der Waals surface area contributed by atoms with Crippen LogP contribution in [0, 0.1) is 18.3 Å². The summed E-state index contributed by atoms with van der Waals surface area (Å²) < 4.78 is 26.9. The predicted octanol–water partition coefficient (Wildman–Crippen LogP) is 3.32. The van der Waals surface area contributed by atoms with Gasteiger partial charge in [0.1, 0.15) is 0 Å². The van der Waals surface area contributed by atoms with Gasteiger partial charge in [-0.3, -0.25) is 4.72 Å². The zero-order valence-corrected chi connectivity index (χ0v) is 12.2. The number of sulfonamides is 1. The molecule has 0 heterocycles. The van der Waals surface area contributed by atoms with Crippen LogP contribution < -0.4 is 4.72 Å². The number of nitrogens with zero attached hydrogens (tertiary/aromatic N) is 1. The molecule has 0 bridgehead atoms. The molecule has 2 aromatic rings. The Kier molecular flexibility index (Phi) is 3.98. The number of hydrogen-bond donors (Lipinski definition) is 1. The predicted molar refractivity (Wildman–Crippen MR) is 78.2 cm³/mol. The van der Waals surface area contributed by atoms with Gasteiger partial charge in [0.2, 0.25) is 0 Å². The minimum atomic E-state index is -3.72. The third kappa shape index (κ3) is 3.10. The molecule has 102 valence electrons. The van der Waals surface area contributed by atoms with Crippen LogP contribution >= 0.6 is 11.6 Å². The second-order valence-corrected chi connectivity index (χ2v) is 6.31. The molecule has 0 aliphatic rings. The number of halogens is 1. The molecule has 1 N–H and O–H groups in total. The summed E-state index contributed by atoms with van der Waals surface area (Å²) in [5.74, 6) is 0. The SMILES string of the molecule is Cc1ccc(Cl)c(NS(=O)(=O)c2ccc(C#N)cc2)c1. The number of hydrogen-bond acceptors (Lipinski definition) is 3. The molecule has 0 aromatic heterocycles. The molecule has 4 nitrogen and oxygen atoms in total. The van der Waals surface area contributed by atoms with Crippen molar-refractivity contribution in [2.75, 3.05) is 4.72 Å². The zero-order valence-electron chi connectivity index (χ0n) is 10.6. The second-order valence-electron chi connectivity index (χ2n) is 4.22. The van der Waals surface area contributed by atoms with E-state index in [1.165, 1.54) is 24.3 Å². The average molecular weight is 307 g/mol. The van der Waals surface area contributed by atoms with Crippen molar-refractivity contribution in [1.29, 1.82) is 5.26 Å². The van der Waals surface area contributed by atoms with Gasteiger partial charge in [-0.25, -0.2) is 8.42 Å². The normalized spacial score (nSPS) is 10.8. The van der Waals surface area contributed by atoms with E-state index in [1.807, 2.05) is 13.0 Å². The van der Waals surface area contributed by atoms with Gasteiger partial charge in [-0.2, -0.15) is 5.26 Å². The van der Waals surface area contributed by atoms with E-state index < -0.39 is 10.0 Å². The Morgan fingerprint density at radius 1 is 1.15 bits per heavy atom. The molecule has 6 heteroatoms. The molecule has 20 heavy (non-hydrogen) atoms. The summed E-state index contributed by atoms with van der Waals surface area (Å²) in [6.07, 6.45) is 0. The van der Waals surface area contributed by atoms with Gasteiger partial charge in [-0.05, 0) is 48.9 Å². The summed E-state index contributed by atoms with van der Waals surface area (Å²) in [6, 6.07) is 12.7. The van der Waals surface area contributed by atoms with Gasteiger partial charge in [0.15, 0.2) is 0 Å². The van der Waals surface area contributed by atoms with E-state index in [-0.39, 0.29) is 4.90 Å². The minimum Gasteiger partial charge on any atom is -0.278 e. The smallest absolute Gasteiger partial charge is 0.261 e. The fraction of sp³-hybridized carbons (Fsp3) is 0.0714. The number of nitriles is 1. The topological polar surface area (TPSA) is 70.0 Å². The van der Waals surface area contributed by atoms with Crippen LogP contribution in [0.2, 0.25) is 5.02 Å². The van der Waals surface area contributed by atoms with E-state index >= 15 is 0 Å². The Balaban J connectivity index is 2.35. The van der Waals surface area contributed by atoms with Crippen LogP contribution in [0.4, 0.5) is 5.69 Å². The van der Waals surface area contributed by atoms with E-state index in [1.54, 1.807) is 18.2 Å². The van der Waals surface area contributed by atoms with Gasteiger partial charge < -0.3 is 0 Å². The van der Waals surface area contributed by atoms with Gasteiger partial charge in [0, 0.05) is 0 Å². The fourth-order valence-corrected chi connectivity index (χ4v) is 2.92. The first kappa shape index (κ1) is 14.4. The molecule has 0 amide bonds. The molecule has 0 spiro atoms. The summed E-state index contributed by atoms with van der Waals surface area (Å²) in [4.78, 5) is 0.0778. The van der Waals surface area contributed by atoms with Gasteiger partial charge in [-0.1, -0.05) is 17.7 Å². The highest BCUT2D eigenvalue weighted by Gasteiger charge is 2.15. The van der Waals surface area contributed by atoms with Crippen LogP contribution in [-0.4, -0.2) is 8.42 Å². The fourth-order valence-electron chi connectivity index (χ4n) is 1.63. The van der Waals surface area contributed by atoms with Crippen molar-refractivity contribution in [2.45, 2.75) is 11.8 Å². The van der Waals surface area contributed by atoms with Crippen LogP contribution in [0.15, 0.2) is 47.4 Å². The first-order chi connectivity index (χ1) is 9.42. The molecule has 0 atom stereocenters. The van der Waals surface area contributed by atoms with E-state index in [9.17, 15) is 8.42 Å². The third-order valence-corrected chi connectivity index (χ3v) is 4.37. The Morgan fingerprint density at radius 2 is 1.80 bits per heavy atom. The van der Waals surface area contributed by atoms with Crippen LogP contribution in [0.25, 0.3) is 0 Å². The summed E-state index contributed by atoms with van der Waals surface area (Å²) in [5, 5.41) is 9.03. The lowest BCUT2D eigenvalue weighted by Crippen LogP contribution is -2.13. The molecule has 0 saturated carbocycles. The van der Waals surface area contributed by atoms with Crippen molar-refractivity contribution in [3.05, 3.63) is 58.6 Å². The number of benzene rings is 2. The highest BCUT2D eigenvalue weighted by Crippen LogP contribution is 2.25. The maximum atomic E-state index is 12.2. The molecule has 0 radical (unpaired) electrons. The number of anilines is 1.